The van der Waals surface area contributed by atoms with Crippen molar-refractivity contribution >= 4 is 33.3 Å². The number of carbonyl (C=O) groups excluding carboxylic acids is 1. The van der Waals surface area contributed by atoms with Crippen molar-refractivity contribution in [3.05, 3.63) is 65.7 Å². The van der Waals surface area contributed by atoms with Gasteiger partial charge in [-0.05, 0) is 31.5 Å². The molecule has 0 aliphatic carbocycles. The van der Waals surface area contributed by atoms with E-state index in [2.05, 4.69) is 27.2 Å². The molecule has 0 bridgehead atoms. The van der Waals surface area contributed by atoms with Crippen molar-refractivity contribution in [2.45, 2.75) is 13.8 Å². The van der Waals surface area contributed by atoms with Gasteiger partial charge in [0.05, 0.1) is 16.0 Å². The number of aromatic nitrogens is 3. The average Bonchev–Trinajstić information content (AvgIpc) is 3.21. The third kappa shape index (κ3) is 2.81. The number of hydrogen-bond donors (Lipinski definition) is 2. The van der Waals surface area contributed by atoms with E-state index in [1.54, 1.807) is 18.6 Å². The summed E-state index contributed by atoms with van der Waals surface area (Å²) >= 11 is 1.43. The van der Waals surface area contributed by atoms with Gasteiger partial charge < -0.3 is 4.98 Å². The molecule has 0 spiro atoms. The Kier molecular flexibility index (Phi) is 3.82. The smallest absolute Gasteiger partial charge is 0.259 e. The molecule has 1 aromatic carbocycles. The topological polar surface area (TPSA) is 70.7 Å². The van der Waals surface area contributed by atoms with Gasteiger partial charge in [0.25, 0.3) is 5.91 Å². The van der Waals surface area contributed by atoms with E-state index in [0.29, 0.717) is 10.7 Å². The number of nitrogens with one attached hydrogen (secondary N) is 2. The maximum absolute atomic E-state index is 12.7. The van der Waals surface area contributed by atoms with Gasteiger partial charge in [-0.25, -0.2) is 4.98 Å². The van der Waals surface area contributed by atoms with E-state index in [4.69, 9.17) is 0 Å². The van der Waals surface area contributed by atoms with Gasteiger partial charge in [-0.3, -0.25) is 15.1 Å². The summed E-state index contributed by atoms with van der Waals surface area (Å²) < 4.78 is 0. The largest absolute Gasteiger partial charge is 0.358 e. The fourth-order valence-corrected chi connectivity index (χ4v) is 3.61. The van der Waals surface area contributed by atoms with Crippen LogP contribution in [0.15, 0.2) is 48.9 Å². The quantitative estimate of drug-likeness (QED) is 0.570. The number of aryl methyl sites for hydroxylation is 2. The highest BCUT2D eigenvalue weighted by molar-refractivity contribution is 7.19. The van der Waals surface area contributed by atoms with Crippen molar-refractivity contribution in [3.63, 3.8) is 0 Å². The summed E-state index contributed by atoms with van der Waals surface area (Å²) in [7, 11) is 0. The van der Waals surface area contributed by atoms with Crippen LogP contribution in [0.1, 0.15) is 21.6 Å². The molecule has 124 valence electrons. The SMILES string of the molecule is Cc1[nH]c2c(C(=O)Nc3ncc(-c4cccnc4)s3)cccc2c1C. The van der Waals surface area contributed by atoms with Crippen LogP contribution >= 0.6 is 11.3 Å². The number of thiazole rings is 1. The summed E-state index contributed by atoms with van der Waals surface area (Å²) in [6, 6.07) is 9.60. The second-order valence-corrected chi connectivity index (χ2v) is 6.86. The molecule has 0 atom stereocenters. The summed E-state index contributed by atoms with van der Waals surface area (Å²) in [5.74, 6) is -0.168. The maximum atomic E-state index is 12.7. The van der Waals surface area contributed by atoms with Crippen molar-refractivity contribution in [1.82, 2.24) is 15.0 Å². The number of rotatable bonds is 3. The molecule has 0 saturated carbocycles. The van der Waals surface area contributed by atoms with Crippen LogP contribution in [0, 0.1) is 13.8 Å². The Bertz CT molecular complexity index is 1070. The molecule has 2 N–H and O–H groups in total. The molecule has 25 heavy (non-hydrogen) atoms. The predicted molar refractivity (Wildman–Crippen MR) is 101 cm³/mol. The molecule has 0 radical (unpaired) electrons. The van der Waals surface area contributed by atoms with Gasteiger partial charge in [-0.2, -0.15) is 0 Å². The lowest BCUT2D eigenvalue weighted by Crippen LogP contribution is -2.12. The lowest BCUT2D eigenvalue weighted by Gasteiger charge is -2.03. The van der Waals surface area contributed by atoms with Crippen LogP contribution in [0.5, 0.6) is 0 Å². The Labute approximate surface area is 148 Å². The normalized spacial score (nSPS) is 11.0. The molecular formula is C19H16N4OS. The van der Waals surface area contributed by atoms with Gasteiger partial charge in [-0.15, -0.1) is 0 Å². The first-order valence-electron chi connectivity index (χ1n) is 7.89. The molecule has 0 aliphatic rings. The zero-order valence-corrected chi connectivity index (χ0v) is 14.6. The molecular weight excluding hydrogens is 332 g/mol. The van der Waals surface area contributed by atoms with Gasteiger partial charge in [0, 0.05) is 35.2 Å². The molecule has 1 amide bonds. The fraction of sp³-hybridized carbons (Fsp3) is 0.105. The number of amides is 1. The highest BCUT2D eigenvalue weighted by Crippen LogP contribution is 2.29. The number of H-pyrrole nitrogens is 1. The van der Waals surface area contributed by atoms with E-state index in [1.165, 1.54) is 11.3 Å². The number of pyridine rings is 1. The molecule has 5 nitrogen and oxygen atoms in total. The highest BCUT2D eigenvalue weighted by atomic mass is 32.1. The first-order valence-corrected chi connectivity index (χ1v) is 8.70. The Morgan fingerprint density at radius 2 is 2.04 bits per heavy atom. The summed E-state index contributed by atoms with van der Waals surface area (Å²) in [5, 5.41) is 4.54. The lowest BCUT2D eigenvalue weighted by molar-refractivity contribution is 0.102. The zero-order chi connectivity index (χ0) is 17.4. The Morgan fingerprint density at radius 3 is 2.84 bits per heavy atom. The summed E-state index contributed by atoms with van der Waals surface area (Å²) in [4.78, 5) is 25.4. The second-order valence-electron chi connectivity index (χ2n) is 5.83. The predicted octanol–water partition coefficient (Wildman–Crippen LogP) is 4.56. The van der Waals surface area contributed by atoms with E-state index in [0.717, 1.165) is 32.6 Å². The minimum absolute atomic E-state index is 0.168. The number of fused-ring (bicyclic) bond motifs is 1. The first-order chi connectivity index (χ1) is 12.1. The van der Waals surface area contributed by atoms with Crippen molar-refractivity contribution < 1.29 is 4.79 Å². The van der Waals surface area contributed by atoms with Crippen molar-refractivity contribution in [2.24, 2.45) is 0 Å². The number of para-hydroxylation sites is 1. The number of hydrogen-bond acceptors (Lipinski definition) is 4. The molecule has 0 unspecified atom stereocenters. The minimum atomic E-state index is -0.168. The van der Waals surface area contributed by atoms with Crippen LogP contribution < -0.4 is 5.32 Å². The van der Waals surface area contributed by atoms with Crippen LogP contribution in [0.4, 0.5) is 5.13 Å². The minimum Gasteiger partial charge on any atom is -0.358 e. The van der Waals surface area contributed by atoms with Gasteiger partial charge in [0.15, 0.2) is 5.13 Å². The number of aromatic amines is 1. The third-order valence-electron chi connectivity index (χ3n) is 4.26. The third-order valence-corrected chi connectivity index (χ3v) is 5.22. The zero-order valence-electron chi connectivity index (χ0n) is 13.8. The van der Waals surface area contributed by atoms with Crippen molar-refractivity contribution in [3.8, 4) is 10.4 Å². The maximum Gasteiger partial charge on any atom is 0.259 e. The fourth-order valence-electron chi connectivity index (χ4n) is 2.81. The van der Waals surface area contributed by atoms with E-state index in [-0.39, 0.29) is 5.91 Å². The van der Waals surface area contributed by atoms with Gasteiger partial charge in [0.2, 0.25) is 0 Å². The van der Waals surface area contributed by atoms with Crippen molar-refractivity contribution in [2.75, 3.05) is 5.32 Å². The molecule has 4 aromatic rings. The van der Waals surface area contributed by atoms with E-state index >= 15 is 0 Å². The summed E-state index contributed by atoms with van der Waals surface area (Å²) in [6.07, 6.45) is 5.26. The summed E-state index contributed by atoms with van der Waals surface area (Å²) in [6.45, 7) is 4.06. The number of anilines is 1. The van der Waals surface area contributed by atoms with E-state index in [9.17, 15) is 4.79 Å². The Balaban J connectivity index is 1.63. The molecule has 4 rings (SSSR count). The second kappa shape index (κ2) is 6.14. The Morgan fingerprint density at radius 1 is 1.16 bits per heavy atom. The van der Waals surface area contributed by atoms with Crippen LogP contribution in [0.25, 0.3) is 21.3 Å². The Hall–Kier alpha value is -2.99. The molecule has 3 aromatic heterocycles. The molecule has 0 aliphatic heterocycles. The van der Waals surface area contributed by atoms with Gasteiger partial charge in [0.1, 0.15) is 0 Å². The molecule has 0 saturated heterocycles. The van der Waals surface area contributed by atoms with Crippen molar-refractivity contribution in [1.29, 1.82) is 0 Å². The molecule has 0 fully saturated rings. The first kappa shape index (κ1) is 15.5. The van der Waals surface area contributed by atoms with Gasteiger partial charge >= 0.3 is 0 Å². The van der Waals surface area contributed by atoms with Gasteiger partial charge in [-0.1, -0.05) is 29.5 Å². The van der Waals surface area contributed by atoms with E-state index in [1.807, 2.05) is 37.3 Å². The number of carbonyl (C=O) groups is 1. The van der Waals surface area contributed by atoms with Crippen LogP contribution in [-0.4, -0.2) is 20.9 Å². The van der Waals surface area contributed by atoms with Crippen LogP contribution in [0.3, 0.4) is 0 Å². The van der Waals surface area contributed by atoms with E-state index < -0.39 is 0 Å². The standard InChI is InChI=1S/C19H16N4OS/c1-11-12(2)22-17-14(11)6-3-7-15(17)18(24)23-19-21-10-16(25-19)13-5-4-8-20-9-13/h3-10,22H,1-2H3,(H,21,23,24). The molecule has 6 heteroatoms. The average molecular weight is 348 g/mol. The monoisotopic (exact) mass is 348 g/mol. The number of nitrogens with zero attached hydrogens (tertiary/aromatic N) is 2. The summed E-state index contributed by atoms with van der Waals surface area (Å²) in [5.41, 5.74) is 4.70. The lowest BCUT2D eigenvalue weighted by atomic mass is 10.1. The van der Waals surface area contributed by atoms with Crippen LogP contribution in [-0.2, 0) is 0 Å². The van der Waals surface area contributed by atoms with Crippen LogP contribution in [0.2, 0.25) is 0 Å². The highest BCUT2D eigenvalue weighted by Gasteiger charge is 2.15. The number of benzene rings is 1. The molecule has 3 heterocycles.